The number of rotatable bonds is 3. The van der Waals surface area contributed by atoms with Crippen LogP contribution in [0.2, 0.25) is 10.0 Å². The Hall–Kier alpha value is -0.780. The number of carbonyl (C=O) groups is 1. The normalized spacial score (nSPS) is 23.1. The molecule has 2 nitrogen and oxygen atoms in total. The summed E-state index contributed by atoms with van der Waals surface area (Å²) in [5, 5.41) is 3.15. The zero-order valence-electron chi connectivity index (χ0n) is 10.4. The van der Waals surface area contributed by atoms with Gasteiger partial charge in [-0.3, -0.25) is 4.79 Å². The van der Waals surface area contributed by atoms with Crippen molar-refractivity contribution in [3.8, 4) is 0 Å². The van der Waals surface area contributed by atoms with Crippen LogP contribution in [0.5, 0.6) is 0 Å². The lowest BCUT2D eigenvalue weighted by atomic mass is 9.79. The Labute approximate surface area is 124 Å². The van der Waals surface area contributed by atoms with Gasteiger partial charge >= 0.3 is 6.18 Å². The third-order valence-electron chi connectivity index (χ3n) is 3.58. The van der Waals surface area contributed by atoms with E-state index in [1.807, 2.05) is 0 Å². The van der Waals surface area contributed by atoms with Crippen LogP contribution in [0.25, 0.3) is 0 Å². The van der Waals surface area contributed by atoms with Gasteiger partial charge in [0.15, 0.2) is 5.78 Å². The molecule has 1 aliphatic rings. The van der Waals surface area contributed by atoms with E-state index in [2.05, 4.69) is 5.32 Å². The zero-order valence-corrected chi connectivity index (χ0v) is 11.9. The van der Waals surface area contributed by atoms with E-state index in [9.17, 15) is 18.0 Å². The van der Waals surface area contributed by atoms with Crippen molar-refractivity contribution in [3.63, 3.8) is 0 Å². The summed E-state index contributed by atoms with van der Waals surface area (Å²) in [5.74, 6) is -0.839. The number of alkyl halides is 3. The largest absolute Gasteiger partial charge is 0.402 e. The molecule has 110 valence electrons. The van der Waals surface area contributed by atoms with Gasteiger partial charge < -0.3 is 5.32 Å². The monoisotopic (exact) mass is 325 g/mol. The molecular formula is C13H12Cl2F3NO. The number of hydrogen-bond donors (Lipinski definition) is 1. The number of hydrogen-bond acceptors (Lipinski definition) is 2. The number of halogens is 5. The van der Waals surface area contributed by atoms with Crippen molar-refractivity contribution in [2.75, 3.05) is 13.1 Å². The maximum atomic E-state index is 13.2. The van der Waals surface area contributed by atoms with Crippen LogP contribution in [-0.2, 0) is 11.2 Å². The zero-order chi connectivity index (χ0) is 15.0. The lowest BCUT2D eigenvalue weighted by Gasteiger charge is -2.29. The molecule has 1 fully saturated rings. The molecule has 0 saturated carbocycles. The maximum absolute atomic E-state index is 13.2. The van der Waals surface area contributed by atoms with Crippen LogP contribution in [-0.4, -0.2) is 25.0 Å². The standard InChI is InChI=1S/C13H12Cl2F3NO/c14-9-2-1-8(5-10(9)15)6-11(20)12(13(16,17)18)3-4-19-7-12/h1-2,5,19H,3-4,6-7H2. The molecule has 0 aromatic heterocycles. The second-order valence-electron chi connectivity index (χ2n) is 4.86. The van der Waals surface area contributed by atoms with Crippen molar-refractivity contribution in [1.82, 2.24) is 5.32 Å². The number of nitrogens with one attached hydrogen (secondary N) is 1. The topological polar surface area (TPSA) is 29.1 Å². The minimum Gasteiger partial charge on any atom is -0.315 e. The Kier molecular flexibility index (Phi) is 4.33. The third-order valence-corrected chi connectivity index (χ3v) is 4.32. The Morgan fingerprint density at radius 1 is 1.30 bits per heavy atom. The summed E-state index contributed by atoms with van der Waals surface area (Å²) in [5.41, 5.74) is -1.86. The van der Waals surface area contributed by atoms with Crippen molar-refractivity contribution in [3.05, 3.63) is 33.8 Å². The van der Waals surface area contributed by atoms with Crippen molar-refractivity contribution in [2.24, 2.45) is 5.41 Å². The van der Waals surface area contributed by atoms with Gasteiger partial charge in [0.1, 0.15) is 5.41 Å². The fourth-order valence-electron chi connectivity index (χ4n) is 2.33. The summed E-state index contributed by atoms with van der Waals surface area (Å²) in [6.45, 7) is -0.177. The van der Waals surface area contributed by atoms with E-state index >= 15 is 0 Å². The van der Waals surface area contributed by atoms with E-state index in [1.165, 1.54) is 18.2 Å². The molecule has 0 aliphatic carbocycles. The molecule has 1 heterocycles. The van der Waals surface area contributed by atoms with E-state index in [4.69, 9.17) is 23.2 Å². The average Bonchev–Trinajstić information content (AvgIpc) is 2.84. The van der Waals surface area contributed by atoms with Gasteiger partial charge in [-0.1, -0.05) is 29.3 Å². The van der Waals surface area contributed by atoms with Gasteiger partial charge in [0.05, 0.1) is 10.0 Å². The summed E-state index contributed by atoms with van der Waals surface area (Å²) < 4.78 is 39.6. The van der Waals surface area contributed by atoms with Gasteiger partial charge in [-0.15, -0.1) is 0 Å². The first-order valence-corrected chi connectivity index (χ1v) is 6.76. The molecule has 0 bridgehead atoms. The molecule has 1 unspecified atom stereocenters. The first-order valence-electron chi connectivity index (χ1n) is 6.01. The summed E-state index contributed by atoms with van der Waals surface area (Å²) >= 11 is 11.5. The molecule has 1 aromatic carbocycles. The van der Waals surface area contributed by atoms with E-state index in [0.29, 0.717) is 10.6 Å². The highest BCUT2D eigenvalue weighted by Gasteiger charge is 2.60. The van der Waals surface area contributed by atoms with Gasteiger partial charge in [0.25, 0.3) is 0 Å². The molecule has 1 atom stereocenters. The Bertz CT molecular complexity index is 525. The van der Waals surface area contributed by atoms with Gasteiger partial charge in [0.2, 0.25) is 0 Å². The SMILES string of the molecule is O=C(Cc1ccc(Cl)c(Cl)c1)C1(C(F)(F)F)CCNC1. The molecule has 1 saturated heterocycles. The van der Waals surface area contributed by atoms with Gasteiger partial charge in [-0.25, -0.2) is 0 Å². The minimum absolute atomic E-state index is 0.187. The predicted molar refractivity (Wildman–Crippen MR) is 71.1 cm³/mol. The van der Waals surface area contributed by atoms with Crippen molar-refractivity contribution in [1.29, 1.82) is 0 Å². The molecular weight excluding hydrogens is 314 g/mol. The molecule has 0 spiro atoms. The maximum Gasteiger partial charge on any atom is 0.402 e. The Morgan fingerprint density at radius 3 is 2.50 bits per heavy atom. The number of carbonyl (C=O) groups excluding carboxylic acids is 1. The van der Waals surface area contributed by atoms with E-state index in [0.717, 1.165) is 0 Å². The first-order chi connectivity index (χ1) is 9.26. The first kappa shape index (κ1) is 15.6. The number of Topliss-reactive ketones (excluding diaryl/α,β-unsaturated/α-hetero) is 1. The van der Waals surface area contributed by atoms with E-state index < -0.39 is 17.4 Å². The highest BCUT2D eigenvalue weighted by Crippen LogP contribution is 2.44. The van der Waals surface area contributed by atoms with Crippen LogP contribution >= 0.6 is 23.2 Å². The van der Waals surface area contributed by atoms with Crippen LogP contribution in [0.1, 0.15) is 12.0 Å². The van der Waals surface area contributed by atoms with Crippen molar-refractivity contribution in [2.45, 2.75) is 19.0 Å². The second kappa shape index (κ2) is 5.54. The third kappa shape index (κ3) is 2.80. The van der Waals surface area contributed by atoms with Crippen LogP contribution in [0.4, 0.5) is 13.2 Å². The van der Waals surface area contributed by atoms with Crippen molar-refractivity contribution < 1.29 is 18.0 Å². The highest BCUT2D eigenvalue weighted by molar-refractivity contribution is 6.42. The minimum atomic E-state index is -4.55. The smallest absolute Gasteiger partial charge is 0.315 e. The predicted octanol–water partition coefficient (Wildman–Crippen LogP) is 3.65. The summed E-state index contributed by atoms with van der Waals surface area (Å²) in [6.07, 6.45) is -5.08. The average molecular weight is 326 g/mol. The second-order valence-corrected chi connectivity index (χ2v) is 5.67. The van der Waals surface area contributed by atoms with Gasteiger partial charge in [0, 0.05) is 13.0 Å². The Balaban J connectivity index is 2.23. The van der Waals surface area contributed by atoms with Crippen LogP contribution in [0.3, 0.4) is 0 Å². The molecule has 0 amide bonds. The highest BCUT2D eigenvalue weighted by atomic mass is 35.5. The lowest BCUT2D eigenvalue weighted by molar-refractivity contribution is -0.214. The lowest BCUT2D eigenvalue weighted by Crippen LogP contribution is -2.47. The molecule has 7 heteroatoms. The van der Waals surface area contributed by atoms with Crippen LogP contribution in [0, 0.1) is 5.41 Å². The molecule has 1 aromatic rings. The number of ketones is 1. The summed E-state index contributed by atoms with van der Waals surface area (Å²) in [7, 11) is 0. The molecule has 1 N–H and O–H groups in total. The van der Waals surface area contributed by atoms with E-state index in [1.54, 1.807) is 0 Å². The van der Waals surface area contributed by atoms with Crippen molar-refractivity contribution >= 4 is 29.0 Å². The molecule has 0 radical (unpaired) electrons. The Morgan fingerprint density at radius 2 is 2.00 bits per heavy atom. The van der Waals surface area contributed by atoms with Crippen LogP contribution < -0.4 is 5.32 Å². The molecule has 20 heavy (non-hydrogen) atoms. The van der Waals surface area contributed by atoms with E-state index in [-0.39, 0.29) is 31.0 Å². The quantitative estimate of drug-likeness (QED) is 0.919. The number of benzene rings is 1. The fourth-order valence-corrected chi connectivity index (χ4v) is 2.65. The van der Waals surface area contributed by atoms with Crippen LogP contribution in [0.15, 0.2) is 18.2 Å². The summed E-state index contributed by atoms with van der Waals surface area (Å²) in [4.78, 5) is 12.1. The van der Waals surface area contributed by atoms with Gasteiger partial charge in [-0.2, -0.15) is 13.2 Å². The molecule has 1 aliphatic heterocycles. The fraction of sp³-hybridized carbons (Fsp3) is 0.462. The molecule has 2 rings (SSSR count). The van der Waals surface area contributed by atoms with Gasteiger partial charge in [-0.05, 0) is 30.7 Å². The summed E-state index contributed by atoms with van der Waals surface area (Å²) in [6, 6.07) is 4.41.